The van der Waals surface area contributed by atoms with Crippen LogP contribution in [0.15, 0.2) is 23.8 Å². The summed E-state index contributed by atoms with van der Waals surface area (Å²) in [7, 11) is 0. The summed E-state index contributed by atoms with van der Waals surface area (Å²) in [6, 6.07) is 0. The van der Waals surface area contributed by atoms with Gasteiger partial charge in [0.05, 0.1) is 6.10 Å². The smallest absolute Gasteiger partial charge is 0.0692 e. The largest absolute Gasteiger partial charge is 0.389 e. The summed E-state index contributed by atoms with van der Waals surface area (Å²) in [5.74, 6) is 0.492. The molecule has 0 aromatic carbocycles. The van der Waals surface area contributed by atoms with Gasteiger partial charge in [-0.15, -0.1) is 0 Å². The topological polar surface area (TPSA) is 20.2 Å². The van der Waals surface area contributed by atoms with Crippen LogP contribution in [0.5, 0.6) is 0 Å². The molecule has 0 aliphatic heterocycles. The fourth-order valence-corrected chi connectivity index (χ4v) is 2.25. The van der Waals surface area contributed by atoms with E-state index in [0.29, 0.717) is 11.3 Å². The lowest BCUT2D eigenvalue weighted by atomic mass is 9.68. The highest BCUT2D eigenvalue weighted by molar-refractivity contribution is 5.19. The summed E-state index contributed by atoms with van der Waals surface area (Å²) >= 11 is 0. The van der Waals surface area contributed by atoms with Gasteiger partial charge >= 0.3 is 0 Å². The van der Waals surface area contributed by atoms with E-state index < -0.39 is 0 Å². The second kappa shape index (κ2) is 4.31. The van der Waals surface area contributed by atoms with Crippen molar-refractivity contribution < 1.29 is 5.11 Å². The summed E-state index contributed by atoms with van der Waals surface area (Å²) in [6.07, 6.45) is 8.48. The molecule has 2 unspecified atom stereocenters. The third-order valence-corrected chi connectivity index (χ3v) is 3.17. The van der Waals surface area contributed by atoms with Gasteiger partial charge in [0.25, 0.3) is 0 Å². The van der Waals surface area contributed by atoms with Crippen LogP contribution < -0.4 is 0 Å². The van der Waals surface area contributed by atoms with Gasteiger partial charge in [0.1, 0.15) is 0 Å². The van der Waals surface area contributed by atoms with Gasteiger partial charge < -0.3 is 5.11 Å². The summed E-state index contributed by atoms with van der Waals surface area (Å²) < 4.78 is 0. The molecule has 0 aromatic heterocycles. The first-order valence-electron chi connectivity index (χ1n) is 5.46. The normalized spacial score (nSPS) is 28.9. The summed E-state index contributed by atoms with van der Waals surface area (Å²) in [6.45, 7) is 8.60. The van der Waals surface area contributed by atoms with Gasteiger partial charge in [0, 0.05) is 5.92 Å². The Bertz CT molecular complexity index is 246. The van der Waals surface area contributed by atoms with Crippen LogP contribution in [0.1, 0.15) is 40.5 Å². The third-order valence-electron chi connectivity index (χ3n) is 3.17. The zero-order chi connectivity index (χ0) is 10.8. The van der Waals surface area contributed by atoms with Crippen LogP contribution in [0, 0.1) is 11.3 Å². The van der Waals surface area contributed by atoms with E-state index in [1.54, 1.807) is 6.92 Å². The molecule has 14 heavy (non-hydrogen) atoms. The van der Waals surface area contributed by atoms with Crippen LogP contribution in [0.2, 0.25) is 0 Å². The molecular formula is C13H22O. The average molecular weight is 194 g/mol. The number of hydrogen-bond acceptors (Lipinski definition) is 1. The highest BCUT2D eigenvalue weighted by Crippen LogP contribution is 2.41. The minimum absolute atomic E-state index is 0.333. The molecule has 0 bridgehead atoms. The van der Waals surface area contributed by atoms with E-state index in [4.69, 9.17) is 0 Å². The lowest BCUT2D eigenvalue weighted by molar-refractivity contribution is 0.234. The molecule has 0 saturated heterocycles. The monoisotopic (exact) mass is 194 g/mol. The standard InChI is InChI=1S/C13H22O/c1-10-6-5-9-13(3,4)12(10)8-7-11(2)14/h6-8,11-12,14H,5,9H2,1-4H3/b8-7+. The lowest BCUT2D eigenvalue weighted by Gasteiger charge is -2.36. The van der Waals surface area contributed by atoms with Crippen LogP contribution in [-0.4, -0.2) is 11.2 Å². The van der Waals surface area contributed by atoms with Crippen LogP contribution in [0.25, 0.3) is 0 Å². The molecule has 1 rings (SSSR count). The number of allylic oxidation sites excluding steroid dienone is 3. The Morgan fingerprint density at radius 1 is 1.57 bits per heavy atom. The molecule has 0 fully saturated rings. The minimum Gasteiger partial charge on any atom is -0.389 e. The SMILES string of the molecule is CC1=CCCC(C)(C)C1/C=C/C(C)O. The summed E-state index contributed by atoms with van der Waals surface area (Å²) in [5.41, 5.74) is 1.78. The Hall–Kier alpha value is -0.560. The Morgan fingerprint density at radius 2 is 2.21 bits per heavy atom. The molecule has 1 N–H and O–H groups in total. The van der Waals surface area contributed by atoms with Gasteiger partial charge in [-0.05, 0) is 32.1 Å². The van der Waals surface area contributed by atoms with Gasteiger partial charge in [-0.3, -0.25) is 0 Å². The predicted octanol–water partition coefficient (Wildman–Crippen LogP) is 3.31. The molecule has 1 heteroatoms. The van der Waals surface area contributed by atoms with Gasteiger partial charge in [0.15, 0.2) is 0 Å². The van der Waals surface area contributed by atoms with E-state index in [2.05, 4.69) is 32.9 Å². The lowest BCUT2D eigenvalue weighted by Crippen LogP contribution is -2.26. The van der Waals surface area contributed by atoms with Crippen molar-refractivity contribution in [2.45, 2.75) is 46.6 Å². The highest BCUT2D eigenvalue weighted by Gasteiger charge is 2.30. The van der Waals surface area contributed by atoms with Gasteiger partial charge in [-0.2, -0.15) is 0 Å². The van der Waals surface area contributed by atoms with E-state index in [1.165, 1.54) is 18.4 Å². The van der Waals surface area contributed by atoms with Crippen LogP contribution in [0.3, 0.4) is 0 Å². The van der Waals surface area contributed by atoms with Crippen molar-refractivity contribution in [2.75, 3.05) is 0 Å². The molecule has 1 aliphatic carbocycles. The average Bonchev–Trinajstić information content (AvgIpc) is 2.01. The summed E-state index contributed by atoms with van der Waals surface area (Å²) in [5, 5.41) is 9.23. The Kier molecular flexibility index (Phi) is 3.54. The molecule has 80 valence electrons. The highest BCUT2D eigenvalue weighted by atomic mass is 16.3. The zero-order valence-corrected chi connectivity index (χ0v) is 9.75. The van der Waals surface area contributed by atoms with Crippen molar-refractivity contribution in [3.05, 3.63) is 23.8 Å². The van der Waals surface area contributed by atoms with Crippen molar-refractivity contribution in [3.63, 3.8) is 0 Å². The Morgan fingerprint density at radius 3 is 2.71 bits per heavy atom. The minimum atomic E-state index is -0.333. The predicted molar refractivity (Wildman–Crippen MR) is 61.1 cm³/mol. The van der Waals surface area contributed by atoms with Crippen molar-refractivity contribution in [1.29, 1.82) is 0 Å². The van der Waals surface area contributed by atoms with Gasteiger partial charge in [-0.25, -0.2) is 0 Å². The molecule has 1 nitrogen and oxygen atoms in total. The third kappa shape index (κ3) is 2.71. The Balaban J connectivity index is 2.81. The first kappa shape index (κ1) is 11.5. The molecule has 0 aromatic rings. The number of aliphatic hydroxyl groups is 1. The van der Waals surface area contributed by atoms with Crippen molar-refractivity contribution in [1.82, 2.24) is 0 Å². The number of aliphatic hydroxyl groups excluding tert-OH is 1. The van der Waals surface area contributed by atoms with Crippen LogP contribution in [0.4, 0.5) is 0 Å². The molecule has 0 spiro atoms. The fraction of sp³-hybridized carbons (Fsp3) is 0.692. The first-order valence-corrected chi connectivity index (χ1v) is 5.46. The molecule has 0 radical (unpaired) electrons. The number of hydrogen-bond donors (Lipinski definition) is 1. The molecule has 0 saturated carbocycles. The van der Waals surface area contributed by atoms with E-state index in [9.17, 15) is 5.11 Å². The maximum Gasteiger partial charge on any atom is 0.0692 e. The molecule has 0 amide bonds. The quantitative estimate of drug-likeness (QED) is 0.669. The van der Waals surface area contributed by atoms with E-state index in [0.717, 1.165) is 0 Å². The Labute approximate surface area is 87.5 Å². The van der Waals surface area contributed by atoms with Gasteiger partial charge in [0.2, 0.25) is 0 Å². The van der Waals surface area contributed by atoms with Gasteiger partial charge in [-0.1, -0.05) is 37.6 Å². The first-order chi connectivity index (χ1) is 6.43. The second-order valence-corrected chi connectivity index (χ2v) is 5.08. The number of rotatable bonds is 2. The second-order valence-electron chi connectivity index (χ2n) is 5.08. The van der Waals surface area contributed by atoms with Crippen molar-refractivity contribution >= 4 is 0 Å². The van der Waals surface area contributed by atoms with E-state index in [-0.39, 0.29) is 6.10 Å². The van der Waals surface area contributed by atoms with E-state index in [1.807, 2.05) is 6.08 Å². The fourth-order valence-electron chi connectivity index (χ4n) is 2.25. The van der Waals surface area contributed by atoms with E-state index >= 15 is 0 Å². The molecule has 0 heterocycles. The zero-order valence-electron chi connectivity index (χ0n) is 9.75. The maximum atomic E-state index is 9.23. The molecule has 1 aliphatic rings. The van der Waals surface area contributed by atoms with Crippen LogP contribution in [-0.2, 0) is 0 Å². The van der Waals surface area contributed by atoms with Crippen molar-refractivity contribution in [3.8, 4) is 0 Å². The maximum absolute atomic E-state index is 9.23. The molecule has 2 atom stereocenters. The van der Waals surface area contributed by atoms with Crippen molar-refractivity contribution in [2.24, 2.45) is 11.3 Å². The molecular weight excluding hydrogens is 172 g/mol. The van der Waals surface area contributed by atoms with Crippen LogP contribution >= 0.6 is 0 Å². The summed E-state index contributed by atoms with van der Waals surface area (Å²) in [4.78, 5) is 0.